The summed E-state index contributed by atoms with van der Waals surface area (Å²) in [6, 6.07) is 0. The smallest absolute Gasteiger partial charge is 0.381 e. The van der Waals surface area contributed by atoms with Crippen molar-refractivity contribution in [3.05, 3.63) is 12.2 Å². The van der Waals surface area contributed by atoms with Gasteiger partial charge < -0.3 is 15.3 Å². The minimum absolute atomic E-state index is 0. The first-order valence-electron chi connectivity index (χ1n) is 3.98. The Morgan fingerprint density at radius 1 is 1.12 bits per heavy atom. The molecule has 0 bridgehead atoms. The van der Waals surface area contributed by atoms with E-state index in [0.717, 1.165) is 13.0 Å². The van der Waals surface area contributed by atoms with Crippen molar-refractivity contribution in [3.63, 3.8) is 0 Å². The first-order chi connectivity index (χ1) is 7.27. The Labute approximate surface area is 101 Å². The van der Waals surface area contributed by atoms with Gasteiger partial charge in [-0.25, -0.2) is 9.59 Å². The minimum Gasteiger partial charge on any atom is -0.481 e. The molecule has 0 amide bonds. The molecule has 0 radical (unpaired) electrons. The maximum atomic E-state index is 9.51. The van der Waals surface area contributed by atoms with Crippen molar-refractivity contribution in [2.24, 2.45) is 0 Å². The number of carboxylic acid groups (broad SMARTS) is 3. The third-order valence-corrected chi connectivity index (χ3v) is 0.541. The van der Waals surface area contributed by atoms with E-state index in [2.05, 4.69) is 5.92 Å². The fourth-order valence-corrected chi connectivity index (χ4v) is 0.250. The molecule has 0 heterocycles. The van der Waals surface area contributed by atoms with Gasteiger partial charge in [0.1, 0.15) is 0 Å². The molecule has 0 fully saturated rings. The summed E-state index contributed by atoms with van der Waals surface area (Å²) in [5, 5.41) is 23.0. The summed E-state index contributed by atoms with van der Waals surface area (Å²) in [6.07, 6.45) is 2.56. The van der Waals surface area contributed by atoms with Crippen LogP contribution < -0.4 is 0 Å². The third kappa shape index (κ3) is 137. The summed E-state index contributed by atoms with van der Waals surface area (Å²) in [7, 11) is 0. The molecule has 0 saturated heterocycles. The predicted octanol–water partition coefficient (Wildman–Crippen LogP) is 1.47. The molecule has 0 saturated carbocycles. The number of aliphatic carboxylic acids is 3. The van der Waals surface area contributed by atoms with Crippen molar-refractivity contribution in [2.45, 2.75) is 28.2 Å². The van der Waals surface area contributed by atoms with Gasteiger partial charge in [0.15, 0.2) is 0 Å². The average molecular weight is 246 g/mol. The molecule has 0 aliphatic rings. The molecule has 0 aromatic rings. The van der Waals surface area contributed by atoms with Gasteiger partial charge in [0, 0.05) is 18.9 Å². The van der Waals surface area contributed by atoms with E-state index in [1.54, 1.807) is 6.92 Å². The average Bonchev–Trinajstić information content (AvgIpc) is 2.02. The van der Waals surface area contributed by atoms with Crippen molar-refractivity contribution in [2.75, 3.05) is 0 Å². The second-order valence-electron chi connectivity index (χ2n) is 2.04. The standard InChI is InChI=1S/C4H6O2.C4H4O2.C2H4O2.CH4/c2*1-2-3-4(5)6;1-2(3)4;/h2-3H,1H3,(H,5,6);1H3,(H,5,6);1H3,(H,3,4);1H4/b3-2+;;;. The van der Waals surface area contributed by atoms with Crippen molar-refractivity contribution in [1.82, 2.24) is 0 Å². The Morgan fingerprint density at radius 3 is 1.47 bits per heavy atom. The second kappa shape index (κ2) is 19.3. The highest BCUT2D eigenvalue weighted by Crippen LogP contribution is 1.65. The Hall–Kier alpha value is -2.29. The van der Waals surface area contributed by atoms with Crippen molar-refractivity contribution < 1.29 is 29.7 Å². The van der Waals surface area contributed by atoms with Gasteiger partial charge >= 0.3 is 11.9 Å². The quantitative estimate of drug-likeness (QED) is 0.477. The van der Waals surface area contributed by atoms with Gasteiger partial charge in [-0.05, 0) is 13.8 Å². The summed E-state index contributed by atoms with van der Waals surface area (Å²) in [4.78, 5) is 27.9. The van der Waals surface area contributed by atoms with Gasteiger partial charge in [-0.2, -0.15) is 0 Å². The zero-order valence-corrected chi connectivity index (χ0v) is 9.22. The number of allylic oxidation sites excluding steroid dienone is 1. The highest BCUT2D eigenvalue weighted by atomic mass is 16.4. The fourth-order valence-electron chi connectivity index (χ4n) is 0.250. The molecule has 17 heavy (non-hydrogen) atoms. The predicted molar refractivity (Wildman–Crippen MR) is 63.6 cm³/mol. The zero-order valence-electron chi connectivity index (χ0n) is 9.22. The Morgan fingerprint density at radius 2 is 1.47 bits per heavy atom. The van der Waals surface area contributed by atoms with Crippen LogP contribution in [0.4, 0.5) is 0 Å². The van der Waals surface area contributed by atoms with Crippen LogP contribution in [0.15, 0.2) is 12.2 Å². The molecular formula is C11H18O6. The molecule has 0 aromatic heterocycles. The van der Waals surface area contributed by atoms with E-state index in [4.69, 9.17) is 20.1 Å². The molecule has 0 aliphatic carbocycles. The lowest BCUT2D eigenvalue weighted by Gasteiger charge is -1.68. The maximum Gasteiger partial charge on any atom is 0.381 e. The molecule has 0 aromatic carbocycles. The van der Waals surface area contributed by atoms with Gasteiger partial charge in [0.25, 0.3) is 5.97 Å². The van der Waals surface area contributed by atoms with Crippen molar-refractivity contribution in [1.29, 1.82) is 0 Å². The number of rotatable bonds is 1. The molecule has 6 nitrogen and oxygen atoms in total. The summed E-state index contributed by atoms with van der Waals surface area (Å²) >= 11 is 0. The van der Waals surface area contributed by atoms with Crippen LogP contribution in [0.5, 0.6) is 0 Å². The Balaban J connectivity index is -0.0000000741. The molecule has 0 unspecified atom stereocenters. The summed E-state index contributed by atoms with van der Waals surface area (Å²) in [5.41, 5.74) is 0. The molecule has 0 spiro atoms. The van der Waals surface area contributed by atoms with Gasteiger partial charge in [-0.15, -0.1) is 0 Å². The Bertz CT molecular complexity index is 302. The van der Waals surface area contributed by atoms with Crippen LogP contribution in [-0.4, -0.2) is 33.2 Å². The monoisotopic (exact) mass is 246 g/mol. The van der Waals surface area contributed by atoms with Gasteiger partial charge in [-0.3, -0.25) is 4.79 Å². The van der Waals surface area contributed by atoms with Crippen LogP contribution in [0.3, 0.4) is 0 Å². The SMILES string of the molecule is C.C/C=C/C(=O)O.CC#CC(=O)O.CC(=O)O. The molecule has 6 heteroatoms. The molecular weight excluding hydrogens is 228 g/mol. The zero-order chi connectivity index (χ0) is 13.6. The van der Waals surface area contributed by atoms with Gasteiger partial charge in [0.05, 0.1) is 0 Å². The van der Waals surface area contributed by atoms with E-state index in [-0.39, 0.29) is 7.43 Å². The molecule has 98 valence electrons. The lowest BCUT2D eigenvalue weighted by molar-refractivity contribution is -0.134. The number of carboxylic acids is 3. The van der Waals surface area contributed by atoms with E-state index in [9.17, 15) is 9.59 Å². The molecule has 3 N–H and O–H groups in total. The van der Waals surface area contributed by atoms with Gasteiger partial charge in [0.2, 0.25) is 0 Å². The number of hydrogen-bond donors (Lipinski definition) is 3. The van der Waals surface area contributed by atoms with Crippen LogP contribution in [-0.2, 0) is 14.4 Å². The highest BCUT2D eigenvalue weighted by molar-refractivity contribution is 5.86. The fraction of sp³-hybridized carbons (Fsp3) is 0.364. The van der Waals surface area contributed by atoms with Crippen LogP contribution in [0.25, 0.3) is 0 Å². The van der Waals surface area contributed by atoms with Crippen molar-refractivity contribution >= 4 is 17.9 Å². The normalized spacial score (nSPS) is 6.76. The van der Waals surface area contributed by atoms with E-state index >= 15 is 0 Å². The van der Waals surface area contributed by atoms with E-state index in [1.807, 2.05) is 5.92 Å². The van der Waals surface area contributed by atoms with E-state index in [1.165, 1.54) is 13.0 Å². The Kier molecular flexibility index (Phi) is 27.4. The number of carbonyl (C=O) groups is 3. The van der Waals surface area contributed by atoms with E-state index < -0.39 is 17.9 Å². The molecule has 0 rings (SSSR count). The largest absolute Gasteiger partial charge is 0.481 e. The van der Waals surface area contributed by atoms with Crippen molar-refractivity contribution in [3.8, 4) is 11.8 Å². The number of hydrogen-bond acceptors (Lipinski definition) is 3. The highest BCUT2D eigenvalue weighted by Gasteiger charge is 1.77. The van der Waals surface area contributed by atoms with Gasteiger partial charge in [-0.1, -0.05) is 19.4 Å². The lowest BCUT2D eigenvalue weighted by atomic mass is 10.5. The lowest BCUT2D eigenvalue weighted by Crippen LogP contribution is -1.84. The van der Waals surface area contributed by atoms with Crippen LogP contribution in [0, 0.1) is 11.8 Å². The third-order valence-electron chi connectivity index (χ3n) is 0.541. The van der Waals surface area contributed by atoms with Crippen LogP contribution >= 0.6 is 0 Å². The van der Waals surface area contributed by atoms with Crippen LogP contribution in [0.2, 0.25) is 0 Å². The molecule has 0 aliphatic heterocycles. The summed E-state index contributed by atoms with van der Waals surface area (Å²) < 4.78 is 0. The maximum absolute atomic E-state index is 9.51. The first kappa shape index (κ1) is 24.1. The van der Waals surface area contributed by atoms with E-state index in [0.29, 0.717) is 0 Å². The van der Waals surface area contributed by atoms with Crippen LogP contribution in [0.1, 0.15) is 28.2 Å². The first-order valence-corrected chi connectivity index (χ1v) is 3.98. The second-order valence-corrected chi connectivity index (χ2v) is 2.04. The summed E-state index contributed by atoms with van der Waals surface area (Å²) in [6.45, 7) is 4.22. The topological polar surface area (TPSA) is 112 Å². The minimum atomic E-state index is -1.07. The summed E-state index contributed by atoms with van der Waals surface area (Å²) in [5.74, 6) is 1.30. The molecule has 0 atom stereocenters.